The highest BCUT2D eigenvalue weighted by atomic mass is 28.3. The molecule has 0 saturated heterocycles. The average Bonchev–Trinajstić information content (AvgIpc) is 3.45. The summed E-state index contributed by atoms with van der Waals surface area (Å²) in [6.07, 6.45) is 6.09. The predicted octanol–water partition coefficient (Wildman–Crippen LogP) is 7.08. The van der Waals surface area contributed by atoms with Crippen LogP contribution in [0.15, 0.2) is 60.7 Å². The molecule has 0 aliphatic carbocycles. The molecule has 0 spiro atoms. The zero-order valence-electron chi connectivity index (χ0n) is 25.4. The molecule has 0 bridgehead atoms. The van der Waals surface area contributed by atoms with Gasteiger partial charge in [-0.1, -0.05) is 56.0 Å². The van der Waals surface area contributed by atoms with Crippen molar-refractivity contribution in [2.24, 2.45) is 0 Å². The first kappa shape index (κ1) is 29.5. The molecule has 0 saturated carbocycles. The number of ether oxygens (including phenoxy) is 2. The molecule has 8 heteroatoms. The molecule has 1 aromatic heterocycles. The Bertz CT molecular complexity index is 1650. The van der Waals surface area contributed by atoms with Crippen molar-refractivity contribution in [1.82, 2.24) is 14.7 Å². The van der Waals surface area contributed by atoms with Gasteiger partial charge in [-0.15, -0.1) is 0 Å². The molecule has 5 rings (SSSR count). The van der Waals surface area contributed by atoms with Crippen molar-refractivity contribution in [3.05, 3.63) is 88.6 Å². The summed E-state index contributed by atoms with van der Waals surface area (Å²) in [7, 11) is 4.57. The van der Waals surface area contributed by atoms with Gasteiger partial charge in [-0.25, -0.2) is 4.68 Å². The maximum atomic E-state index is 12.9. The Morgan fingerprint density at radius 1 is 0.976 bits per heavy atom. The lowest BCUT2D eigenvalue weighted by Crippen LogP contribution is -2.22. The van der Waals surface area contributed by atoms with Gasteiger partial charge in [-0.05, 0) is 79.3 Å². The van der Waals surface area contributed by atoms with Gasteiger partial charge in [0.1, 0.15) is 12.5 Å². The van der Waals surface area contributed by atoms with Crippen LogP contribution in [0.1, 0.15) is 27.9 Å². The first-order valence-corrected chi connectivity index (χ1v) is 18.0. The van der Waals surface area contributed by atoms with Crippen LogP contribution in [0.3, 0.4) is 0 Å². The number of anilines is 1. The number of nitrogens with one attached hydrogen (secondary N) is 1. The van der Waals surface area contributed by atoms with Crippen molar-refractivity contribution < 1.29 is 14.3 Å². The van der Waals surface area contributed by atoms with Gasteiger partial charge in [0.05, 0.1) is 18.3 Å². The first-order chi connectivity index (χ1) is 20.1. The van der Waals surface area contributed by atoms with E-state index in [2.05, 4.69) is 92.5 Å². The molecular weight excluding hydrogens is 540 g/mol. The minimum absolute atomic E-state index is 0.123. The van der Waals surface area contributed by atoms with E-state index in [0.29, 0.717) is 24.7 Å². The summed E-state index contributed by atoms with van der Waals surface area (Å²) in [4.78, 5) is 15.0. The Morgan fingerprint density at radius 2 is 1.74 bits per heavy atom. The number of fused-ring (bicyclic) bond motifs is 2. The van der Waals surface area contributed by atoms with Crippen LogP contribution >= 0.6 is 0 Å². The van der Waals surface area contributed by atoms with Crippen LogP contribution in [-0.4, -0.2) is 56.5 Å². The molecule has 0 atom stereocenters. The molecular formula is C34H40N4O3Si. The third kappa shape index (κ3) is 7.07. The molecule has 1 aliphatic rings. The summed E-state index contributed by atoms with van der Waals surface area (Å²) in [6, 6.07) is 21.5. The molecule has 2 heterocycles. The minimum Gasteiger partial charge on any atom is -0.497 e. The van der Waals surface area contributed by atoms with E-state index in [9.17, 15) is 4.79 Å². The Hall–Kier alpha value is -3.98. The van der Waals surface area contributed by atoms with Gasteiger partial charge in [-0.3, -0.25) is 4.79 Å². The number of benzene rings is 3. The van der Waals surface area contributed by atoms with Crippen molar-refractivity contribution >= 4 is 54.4 Å². The minimum atomic E-state index is -1.20. The third-order valence-corrected chi connectivity index (χ3v) is 8.95. The van der Waals surface area contributed by atoms with E-state index in [0.717, 1.165) is 51.6 Å². The largest absolute Gasteiger partial charge is 0.497 e. The lowest BCUT2D eigenvalue weighted by molar-refractivity contribution is -0.110. The summed E-state index contributed by atoms with van der Waals surface area (Å²) >= 11 is 0. The Morgan fingerprint density at radius 3 is 2.45 bits per heavy atom. The van der Waals surface area contributed by atoms with Crippen molar-refractivity contribution in [3.63, 3.8) is 0 Å². The second kappa shape index (κ2) is 12.5. The molecule has 42 heavy (non-hydrogen) atoms. The number of rotatable bonds is 11. The molecule has 0 fully saturated rings. The summed E-state index contributed by atoms with van der Waals surface area (Å²) in [6.45, 7) is 9.04. The summed E-state index contributed by atoms with van der Waals surface area (Å²) in [5.41, 5.74) is 7.39. The van der Waals surface area contributed by atoms with Crippen molar-refractivity contribution in [2.75, 3.05) is 33.1 Å². The van der Waals surface area contributed by atoms with E-state index in [1.807, 2.05) is 35.0 Å². The molecule has 218 valence electrons. The molecule has 1 N–H and O–H groups in total. The highest BCUT2D eigenvalue weighted by molar-refractivity contribution is 6.76. The second-order valence-corrected chi connectivity index (χ2v) is 17.9. The lowest BCUT2D eigenvalue weighted by Gasteiger charge is -2.15. The van der Waals surface area contributed by atoms with Gasteiger partial charge in [0.2, 0.25) is 0 Å². The van der Waals surface area contributed by atoms with Crippen molar-refractivity contribution in [1.29, 1.82) is 0 Å². The maximum Gasteiger partial charge on any atom is 0.256 e. The van der Waals surface area contributed by atoms with Crippen molar-refractivity contribution in [3.8, 4) is 5.75 Å². The smallest absolute Gasteiger partial charge is 0.256 e. The summed E-state index contributed by atoms with van der Waals surface area (Å²) in [5, 5.41) is 8.92. The summed E-state index contributed by atoms with van der Waals surface area (Å²) in [5.74, 6) is 0.589. The predicted molar refractivity (Wildman–Crippen MR) is 176 cm³/mol. The highest BCUT2D eigenvalue weighted by Gasteiger charge is 2.24. The number of carbonyl (C=O) groups excluding carboxylic acids is 1. The zero-order chi connectivity index (χ0) is 29.9. The van der Waals surface area contributed by atoms with E-state index in [1.54, 1.807) is 7.11 Å². The van der Waals surface area contributed by atoms with Crippen molar-refractivity contribution in [2.45, 2.75) is 39.0 Å². The fourth-order valence-corrected chi connectivity index (χ4v) is 5.69. The zero-order valence-corrected chi connectivity index (χ0v) is 26.4. The third-order valence-electron chi connectivity index (χ3n) is 7.25. The highest BCUT2D eigenvalue weighted by Crippen LogP contribution is 2.36. The van der Waals surface area contributed by atoms with Gasteiger partial charge < -0.3 is 19.7 Å². The number of nitrogens with zero attached hydrogens (tertiary/aromatic N) is 3. The van der Waals surface area contributed by atoms with Gasteiger partial charge in [0.25, 0.3) is 5.91 Å². The molecule has 0 unspecified atom stereocenters. The fraction of sp³-hybridized carbons (Fsp3) is 0.294. The van der Waals surface area contributed by atoms with Crippen LogP contribution in [0.25, 0.3) is 34.7 Å². The quantitative estimate of drug-likeness (QED) is 0.117. The number of hydrogen-bond donors (Lipinski definition) is 1. The van der Waals surface area contributed by atoms with Crippen LogP contribution in [-0.2, 0) is 22.8 Å². The molecule has 1 amide bonds. The molecule has 7 nitrogen and oxygen atoms in total. The molecule has 4 aromatic rings. The number of methoxy groups -OCH3 is 1. The standard InChI is InChI=1S/C34H40N4O3Si/c1-37(2)22-25-9-7-24(8-10-25)12-15-32-28-14-11-26(20-33(28)38(36-32)23-41-17-18-42(4,5)6)19-30-29-21-27(40-3)13-16-31(29)35-34(30)39/h7-16,19-21H,17-18,22-23H2,1-6H3,(H,35,39)/b15-12?,30-19+. The Kier molecular flexibility index (Phi) is 8.77. The van der Waals surface area contributed by atoms with Gasteiger partial charge in [-0.2, -0.15) is 5.10 Å². The van der Waals surface area contributed by atoms with E-state index in [1.165, 1.54) is 5.56 Å². The van der Waals surface area contributed by atoms with Crippen LogP contribution in [0.5, 0.6) is 5.75 Å². The average molecular weight is 581 g/mol. The molecule has 1 aliphatic heterocycles. The van der Waals surface area contributed by atoms with Gasteiger partial charge in [0, 0.05) is 43.4 Å². The summed E-state index contributed by atoms with van der Waals surface area (Å²) < 4.78 is 13.4. The van der Waals surface area contributed by atoms with Crippen LogP contribution in [0, 0.1) is 0 Å². The Labute approximate surface area is 249 Å². The SMILES string of the molecule is COc1ccc2c(c1)/C(=C\c1ccc3c(C=Cc4ccc(CN(C)C)cc4)nn(COCC[Si](C)(C)C)c3c1)C(=O)N2. The number of hydrogen-bond acceptors (Lipinski definition) is 5. The van der Waals surface area contributed by atoms with E-state index >= 15 is 0 Å². The normalized spacial score (nSPS) is 14.4. The van der Waals surface area contributed by atoms with Gasteiger partial charge in [0.15, 0.2) is 0 Å². The van der Waals surface area contributed by atoms with Gasteiger partial charge >= 0.3 is 0 Å². The topological polar surface area (TPSA) is 68.6 Å². The van der Waals surface area contributed by atoms with E-state index in [4.69, 9.17) is 14.6 Å². The van der Waals surface area contributed by atoms with Crippen LogP contribution < -0.4 is 10.1 Å². The molecule has 3 aromatic carbocycles. The van der Waals surface area contributed by atoms with Crippen LogP contribution in [0.2, 0.25) is 25.7 Å². The number of carbonyl (C=O) groups is 1. The number of aromatic nitrogens is 2. The second-order valence-electron chi connectivity index (χ2n) is 12.2. The fourth-order valence-electron chi connectivity index (χ4n) is 4.94. The monoisotopic (exact) mass is 580 g/mol. The Balaban J connectivity index is 1.47. The molecule has 0 radical (unpaired) electrons. The van der Waals surface area contributed by atoms with E-state index in [-0.39, 0.29) is 5.91 Å². The maximum absolute atomic E-state index is 12.9. The van der Waals surface area contributed by atoms with E-state index < -0.39 is 8.07 Å². The lowest BCUT2D eigenvalue weighted by atomic mass is 10.0. The first-order valence-electron chi connectivity index (χ1n) is 14.3. The van der Waals surface area contributed by atoms with Crippen LogP contribution in [0.4, 0.5) is 5.69 Å². The number of amides is 1.